The number of carbonyl (C=O) groups is 1. The maximum Gasteiger partial charge on any atom is 0.323 e. The Labute approximate surface area is 156 Å². The molecule has 3 aromatic rings. The summed E-state index contributed by atoms with van der Waals surface area (Å²) in [5.74, 6) is 0.205. The molecule has 2 amide bonds. The first-order chi connectivity index (χ1) is 12.8. The third-order valence-corrected chi connectivity index (χ3v) is 5.27. The predicted molar refractivity (Wildman–Crippen MR) is 102 cm³/mol. The number of nitrogens with one attached hydrogen (secondary N) is 3. The molecule has 0 aliphatic heterocycles. The molecule has 0 bridgehead atoms. The summed E-state index contributed by atoms with van der Waals surface area (Å²) in [7, 11) is -3.86. The fourth-order valence-corrected chi connectivity index (χ4v) is 3.92. The van der Waals surface area contributed by atoms with Crippen molar-refractivity contribution in [1.29, 1.82) is 0 Å². The first-order valence-corrected chi connectivity index (χ1v) is 9.52. The minimum atomic E-state index is -3.86. The fourth-order valence-electron chi connectivity index (χ4n) is 2.54. The largest absolute Gasteiger partial charge is 0.360 e. The van der Waals surface area contributed by atoms with Gasteiger partial charge in [0.15, 0.2) is 10.7 Å². The minimum Gasteiger partial charge on any atom is -0.360 e. The molecule has 1 aromatic heterocycles. The lowest BCUT2D eigenvalue weighted by molar-refractivity contribution is 0.262. The van der Waals surface area contributed by atoms with E-state index in [2.05, 4.69) is 20.5 Å². The second-order valence-corrected chi connectivity index (χ2v) is 7.40. The molecule has 0 saturated carbocycles. The number of hydrogen-bond donors (Lipinski definition) is 3. The Morgan fingerprint density at radius 1 is 0.926 bits per heavy atom. The molecule has 27 heavy (non-hydrogen) atoms. The fraction of sp³-hybridized carbons (Fsp3) is 0.111. The van der Waals surface area contributed by atoms with Gasteiger partial charge in [-0.2, -0.15) is 0 Å². The van der Waals surface area contributed by atoms with Crippen LogP contribution in [0.25, 0.3) is 0 Å². The number of aryl methyl sites for hydroxylation is 2. The van der Waals surface area contributed by atoms with E-state index >= 15 is 0 Å². The third-order valence-electron chi connectivity index (χ3n) is 3.64. The van der Waals surface area contributed by atoms with E-state index in [-0.39, 0.29) is 16.3 Å². The van der Waals surface area contributed by atoms with Crippen molar-refractivity contribution in [2.45, 2.75) is 18.7 Å². The van der Waals surface area contributed by atoms with E-state index in [1.165, 1.54) is 13.0 Å². The van der Waals surface area contributed by atoms with E-state index in [1.54, 1.807) is 49.4 Å². The summed E-state index contributed by atoms with van der Waals surface area (Å²) < 4.78 is 32.5. The summed E-state index contributed by atoms with van der Waals surface area (Å²) in [4.78, 5) is 12.1. The second-order valence-electron chi connectivity index (χ2n) is 5.78. The Balaban J connectivity index is 1.73. The zero-order valence-corrected chi connectivity index (χ0v) is 15.5. The van der Waals surface area contributed by atoms with Crippen molar-refractivity contribution in [3.8, 4) is 0 Å². The van der Waals surface area contributed by atoms with Crippen LogP contribution in [0, 0.1) is 13.8 Å². The van der Waals surface area contributed by atoms with Crippen LogP contribution in [0.3, 0.4) is 0 Å². The molecule has 1 heterocycles. The van der Waals surface area contributed by atoms with Crippen LogP contribution in [0.1, 0.15) is 11.5 Å². The topological polar surface area (TPSA) is 113 Å². The van der Waals surface area contributed by atoms with Crippen LogP contribution in [0.2, 0.25) is 0 Å². The number of hydrogen-bond acceptors (Lipinski definition) is 5. The number of urea groups is 1. The van der Waals surface area contributed by atoms with E-state index in [1.807, 2.05) is 6.07 Å². The summed E-state index contributed by atoms with van der Waals surface area (Å²) >= 11 is 0. The number of benzene rings is 2. The molecule has 0 unspecified atom stereocenters. The Kier molecular flexibility index (Phi) is 5.13. The maximum absolute atomic E-state index is 12.6. The van der Waals surface area contributed by atoms with Gasteiger partial charge in [0.05, 0.1) is 5.69 Å². The van der Waals surface area contributed by atoms with Gasteiger partial charge in [-0.25, -0.2) is 13.2 Å². The summed E-state index contributed by atoms with van der Waals surface area (Å²) in [6.07, 6.45) is 0. The zero-order chi connectivity index (χ0) is 19.4. The van der Waals surface area contributed by atoms with Gasteiger partial charge in [0, 0.05) is 11.4 Å². The molecule has 0 radical (unpaired) electrons. The second kappa shape index (κ2) is 7.50. The molecule has 0 aliphatic carbocycles. The molecule has 0 spiro atoms. The lowest BCUT2D eigenvalue weighted by Crippen LogP contribution is -2.19. The molecule has 9 heteroatoms. The van der Waals surface area contributed by atoms with E-state index in [0.29, 0.717) is 17.1 Å². The first-order valence-electron chi connectivity index (χ1n) is 8.04. The van der Waals surface area contributed by atoms with Gasteiger partial charge >= 0.3 is 6.03 Å². The lowest BCUT2D eigenvalue weighted by Gasteiger charge is -2.11. The molecule has 0 fully saturated rings. The molecule has 0 atom stereocenters. The summed E-state index contributed by atoms with van der Waals surface area (Å²) in [6.45, 7) is 3.08. The first kappa shape index (κ1) is 18.5. The van der Waals surface area contributed by atoms with Crippen LogP contribution in [-0.2, 0) is 10.0 Å². The highest BCUT2D eigenvalue weighted by atomic mass is 32.2. The monoisotopic (exact) mass is 386 g/mol. The molecular formula is C18H18N4O4S. The zero-order valence-electron chi connectivity index (χ0n) is 14.7. The van der Waals surface area contributed by atoms with Gasteiger partial charge in [-0.1, -0.05) is 29.4 Å². The average Bonchev–Trinajstić information content (AvgIpc) is 2.95. The van der Waals surface area contributed by atoms with Crippen molar-refractivity contribution in [3.63, 3.8) is 0 Å². The number of nitrogens with zero attached hydrogens (tertiary/aromatic N) is 1. The molecular weight excluding hydrogens is 368 g/mol. The van der Waals surface area contributed by atoms with Crippen molar-refractivity contribution in [2.24, 2.45) is 0 Å². The van der Waals surface area contributed by atoms with Crippen molar-refractivity contribution in [2.75, 3.05) is 15.4 Å². The Hall–Kier alpha value is -3.33. The number of amides is 2. The molecule has 8 nitrogen and oxygen atoms in total. The smallest absolute Gasteiger partial charge is 0.323 e. The molecule has 3 rings (SSSR count). The van der Waals surface area contributed by atoms with E-state index in [9.17, 15) is 13.2 Å². The van der Waals surface area contributed by atoms with Gasteiger partial charge in [-0.15, -0.1) is 0 Å². The van der Waals surface area contributed by atoms with E-state index in [0.717, 1.165) is 0 Å². The predicted octanol–water partition coefficient (Wildman–Crippen LogP) is 3.74. The molecule has 0 saturated heterocycles. The van der Waals surface area contributed by atoms with Crippen LogP contribution in [0.5, 0.6) is 0 Å². The van der Waals surface area contributed by atoms with Gasteiger partial charge in [-0.05, 0) is 44.2 Å². The Bertz CT molecular complexity index is 1040. The van der Waals surface area contributed by atoms with Crippen LogP contribution in [-0.4, -0.2) is 19.6 Å². The number of anilines is 3. The Morgan fingerprint density at radius 3 is 2.22 bits per heavy atom. The summed E-state index contributed by atoms with van der Waals surface area (Å²) in [5.41, 5.74) is 1.65. The molecule has 3 N–H and O–H groups in total. The SMILES string of the molecule is Cc1noc(C)c1S(=O)(=O)Nc1cccc(NC(=O)Nc2ccccc2)c1. The lowest BCUT2D eigenvalue weighted by atomic mass is 10.3. The average molecular weight is 386 g/mol. The number of aromatic nitrogens is 1. The van der Waals surface area contributed by atoms with Gasteiger partial charge < -0.3 is 15.2 Å². The highest BCUT2D eigenvalue weighted by Crippen LogP contribution is 2.24. The van der Waals surface area contributed by atoms with Gasteiger partial charge in [0.2, 0.25) is 0 Å². The number of para-hydroxylation sites is 1. The summed E-state index contributed by atoms with van der Waals surface area (Å²) in [5, 5.41) is 9.01. The van der Waals surface area contributed by atoms with Crippen molar-refractivity contribution >= 4 is 33.1 Å². The van der Waals surface area contributed by atoms with Crippen LogP contribution in [0.15, 0.2) is 64.0 Å². The number of sulfonamides is 1. The Morgan fingerprint density at radius 2 is 1.56 bits per heavy atom. The highest BCUT2D eigenvalue weighted by molar-refractivity contribution is 7.92. The highest BCUT2D eigenvalue weighted by Gasteiger charge is 2.24. The van der Waals surface area contributed by atoms with Crippen molar-refractivity contribution < 1.29 is 17.7 Å². The van der Waals surface area contributed by atoms with Crippen LogP contribution < -0.4 is 15.4 Å². The summed E-state index contributed by atoms with van der Waals surface area (Å²) in [6, 6.07) is 14.9. The van der Waals surface area contributed by atoms with E-state index < -0.39 is 16.1 Å². The normalized spacial score (nSPS) is 11.0. The van der Waals surface area contributed by atoms with Crippen LogP contribution >= 0.6 is 0 Å². The van der Waals surface area contributed by atoms with Crippen molar-refractivity contribution in [3.05, 3.63) is 66.1 Å². The molecule has 0 aliphatic rings. The van der Waals surface area contributed by atoms with Gasteiger partial charge in [0.25, 0.3) is 10.0 Å². The minimum absolute atomic E-state index is 0.00248. The standard InChI is InChI=1S/C18H18N4O4S/c1-12-17(13(2)26-21-12)27(24,25)22-16-10-6-9-15(11-16)20-18(23)19-14-7-4-3-5-8-14/h3-11,22H,1-2H3,(H2,19,20,23). The quantitative estimate of drug-likeness (QED) is 0.618. The van der Waals surface area contributed by atoms with Crippen molar-refractivity contribution in [1.82, 2.24) is 5.16 Å². The molecule has 140 valence electrons. The van der Waals surface area contributed by atoms with Gasteiger partial charge in [0.1, 0.15) is 5.69 Å². The number of carbonyl (C=O) groups excluding carboxylic acids is 1. The maximum atomic E-state index is 12.6. The van der Waals surface area contributed by atoms with Crippen LogP contribution in [0.4, 0.5) is 21.9 Å². The van der Waals surface area contributed by atoms with E-state index in [4.69, 9.17) is 4.52 Å². The molecule has 2 aromatic carbocycles. The third kappa shape index (κ3) is 4.45. The number of rotatable bonds is 5. The van der Waals surface area contributed by atoms with Gasteiger partial charge in [-0.3, -0.25) is 4.72 Å².